The van der Waals surface area contributed by atoms with Crippen LogP contribution in [0.5, 0.6) is 0 Å². The molecule has 114 valence electrons. The molecule has 0 saturated heterocycles. The molecule has 2 aromatic rings. The normalized spacial score (nSPS) is 12.1. The minimum Gasteiger partial charge on any atom is -0.506 e. The Morgan fingerprint density at radius 3 is 2.23 bits per heavy atom. The van der Waals surface area contributed by atoms with Crippen molar-refractivity contribution in [3.05, 3.63) is 54.2 Å². The lowest BCUT2D eigenvalue weighted by atomic mass is 10.3. The Hall–Kier alpha value is -2.87. The van der Waals surface area contributed by atoms with Crippen molar-refractivity contribution in [3.63, 3.8) is 0 Å². The van der Waals surface area contributed by atoms with Crippen LogP contribution in [0.3, 0.4) is 0 Å². The summed E-state index contributed by atoms with van der Waals surface area (Å²) >= 11 is 0. The fraction of sp³-hybridized carbons (Fsp3) is 0. The highest BCUT2D eigenvalue weighted by Crippen LogP contribution is 2.21. The van der Waals surface area contributed by atoms with E-state index in [9.17, 15) is 23.1 Å². The van der Waals surface area contributed by atoms with Gasteiger partial charge < -0.3 is 15.2 Å². The molecule has 1 heterocycles. The summed E-state index contributed by atoms with van der Waals surface area (Å²) in [6.45, 7) is 0. The second kappa shape index (κ2) is 5.86. The number of hydrogen-bond donors (Lipinski definition) is 3. The van der Waals surface area contributed by atoms with Crippen LogP contribution in [0.25, 0.3) is 5.76 Å². The largest absolute Gasteiger partial charge is 0.506 e. The smallest absolute Gasteiger partial charge is 0.376 e. The maximum absolute atomic E-state index is 12.3. The molecular formula is C14H11NO6S. The predicted octanol–water partition coefficient (Wildman–Crippen LogP) is 1.40. The van der Waals surface area contributed by atoms with Gasteiger partial charge in [0.2, 0.25) is 9.84 Å². The van der Waals surface area contributed by atoms with Gasteiger partial charge in [-0.05, 0) is 24.3 Å². The number of H-pyrrole nitrogens is 1. The van der Waals surface area contributed by atoms with Crippen molar-refractivity contribution in [2.75, 3.05) is 0 Å². The van der Waals surface area contributed by atoms with Gasteiger partial charge in [-0.3, -0.25) is 4.79 Å². The van der Waals surface area contributed by atoms with Gasteiger partial charge in [-0.25, -0.2) is 13.2 Å². The number of carbonyl (C=O) groups excluding carboxylic acids is 1. The molecule has 0 atom stereocenters. The number of sulfone groups is 1. The summed E-state index contributed by atoms with van der Waals surface area (Å²) < 4.78 is 24.6. The number of aromatic amines is 1. The molecule has 0 aliphatic carbocycles. The number of aliphatic carboxylic acids is 1. The third-order valence-corrected chi connectivity index (χ3v) is 4.47. The highest BCUT2D eigenvalue weighted by Gasteiger charge is 2.20. The monoisotopic (exact) mass is 321 g/mol. The van der Waals surface area contributed by atoms with Gasteiger partial charge in [-0.2, -0.15) is 0 Å². The third-order valence-electron chi connectivity index (χ3n) is 2.76. The minimum atomic E-state index is -3.79. The van der Waals surface area contributed by atoms with E-state index < -0.39 is 27.3 Å². The Bertz CT molecular complexity index is 848. The molecule has 0 bridgehead atoms. The van der Waals surface area contributed by atoms with Gasteiger partial charge >= 0.3 is 5.97 Å². The number of carbonyl (C=O) groups is 2. The number of aromatic nitrogens is 1. The lowest BCUT2D eigenvalue weighted by Crippen LogP contribution is -2.09. The van der Waals surface area contributed by atoms with Gasteiger partial charge in [0.25, 0.3) is 5.78 Å². The molecule has 8 heteroatoms. The highest BCUT2D eigenvalue weighted by atomic mass is 32.2. The van der Waals surface area contributed by atoms with Crippen LogP contribution in [0.4, 0.5) is 0 Å². The Balaban J connectivity index is 2.37. The topological polar surface area (TPSA) is 125 Å². The summed E-state index contributed by atoms with van der Waals surface area (Å²) in [6.07, 6.45) is 0.493. The SMILES string of the molecule is O=C(O)C(=O)C=C(O)c1ccc(S(=O)(=O)c2ccccc2)[nH]1. The summed E-state index contributed by atoms with van der Waals surface area (Å²) in [4.78, 5) is 23.9. The Kier molecular flexibility index (Phi) is 4.13. The van der Waals surface area contributed by atoms with Crippen molar-refractivity contribution >= 4 is 27.3 Å². The second-order valence-corrected chi connectivity index (χ2v) is 6.17. The minimum absolute atomic E-state index is 0.0634. The summed E-state index contributed by atoms with van der Waals surface area (Å²) in [5, 5.41) is 17.9. The van der Waals surface area contributed by atoms with Crippen LogP contribution >= 0.6 is 0 Å². The van der Waals surface area contributed by atoms with Crippen molar-refractivity contribution in [2.45, 2.75) is 9.92 Å². The Morgan fingerprint density at radius 1 is 1.00 bits per heavy atom. The molecule has 7 nitrogen and oxygen atoms in total. The van der Waals surface area contributed by atoms with Crippen LogP contribution < -0.4 is 0 Å². The zero-order valence-corrected chi connectivity index (χ0v) is 11.9. The maximum Gasteiger partial charge on any atom is 0.376 e. The van der Waals surface area contributed by atoms with Crippen LogP contribution in [0, 0.1) is 0 Å². The molecule has 1 aromatic carbocycles. The number of rotatable bonds is 5. The molecule has 0 fully saturated rings. The standard InChI is InChI=1S/C14H11NO6S/c16-11(8-12(17)14(18)19)10-6-7-13(15-10)22(20,21)9-4-2-1-3-5-9/h1-8,15-16H,(H,18,19). The first-order valence-corrected chi connectivity index (χ1v) is 7.48. The van der Waals surface area contributed by atoms with Gasteiger partial charge in [-0.1, -0.05) is 18.2 Å². The van der Waals surface area contributed by atoms with Crippen molar-refractivity contribution in [1.82, 2.24) is 4.98 Å². The lowest BCUT2D eigenvalue weighted by Gasteiger charge is -2.01. The first-order valence-electron chi connectivity index (χ1n) is 6.00. The highest BCUT2D eigenvalue weighted by molar-refractivity contribution is 7.91. The number of benzene rings is 1. The van der Waals surface area contributed by atoms with Crippen molar-refractivity contribution in [3.8, 4) is 0 Å². The summed E-state index contributed by atoms with van der Waals surface area (Å²) in [5.74, 6) is -3.71. The lowest BCUT2D eigenvalue weighted by molar-refractivity contribution is -0.146. The molecule has 0 spiro atoms. The van der Waals surface area contributed by atoms with Gasteiger partial charge in [0.1, 0.15) is 10.8 Å². The maximum atomic E-state index is 12.3. The summed E-state index contributed by atoms with van der Waals surface area (Å²) in [5.41, 5.74) is -0.0795. The molecule has 0 amide bonds. The molecule has 0 radical (unpaired) electrons. The predicted molar refractivity (Wildman–Crippen MR) is 75.9 cm³/mol. The molecule has 0 aliphatic rings. The van der Waals surface area contributed by atoms with Crippen LogP contribution in [0.2, 0.25) is 0 Å². The van der Waals surface area contributed by atoms with Crippen LogP contribution in [0.15, 0.2) is 58.5 Å². The molecule has 0 aliphatic heterocycles. The van der Waals surface area contributed by atoms with E-state index in [4.69, 9.17) is 5.11 Å². The van der Waals surface area contributed by atoms with E-state index in [1.54, 1.807) is 18.2 Å². The Labute approximate surface area is 125 Å². The molecular weight excluding hydrogens is 310 g/mol. The van der Waals surface area contributed by atoms with E-state index in [2.05, 4.69) is 4.98 Å². The zero-order valence-electron chi connectivity index (χ0n) is 11.1. The van der Waals surface area contributed by atoms with E-state index in [1.807, 2.05) is 0 Å². The number of aliphatic hydroxyl groups is 1. The zero-order chi connectivity index (χ0) is 16.3. The number of carboxylic acids is 1. The van der Waals surface area contributed by atoms with E-state index in [-0.39, 0.29) is 15.6 Å². The molecule has 0 saturated carbocycles. The second-order valence-electron chi connectivity index (χ2n) is 4.25. The molecule has 22 heavy (non-hydrogen) atoms. The van der Waals surface area contributed by atoms with Crippen LogP contribution in [-0.4, -0.2) is 35.4 Å². The van der Waals surface area contributed by atoms with E-state index in [0.717, 1.165) is 0 Å². The summed E-state index contributed by atoms with van der Waals surface area (Å²) in [6, 6.07) is 10.1. The fourth-order valence-electron chi connectivity index (χ4n) is 1.67. The summed E-state index contributed by atoms with van der Waals surface area (Å²) in [7, 11) is -3.79. The third kappa shape index (κ3) is 3.07. The first-order chi connectivity index (χ1) is 10.3. The number of carboxylic acid groups (broad SMARTS) is 1. The van der Waals surface area contributed by atoms with Crippen molar-refractivity contribution in [1.29, 1.82) is 0 Å². The number of nitrogens with one attached hydrogen (secondary N) is 1. The van der Waals surface area contributed by atoms with Crippen molar-refractivity contribution in [2.24, 2.45) is 0 Å². The van der Waals surface area contributed by atoms with Crippen molar-refractivity contribution < 1.29 is 28.2 Å². The molecule has 1 aromatic heterocycles. The van der Waals surface area contributed by atoms with Gasteiger partial charge in [0.15, 0.2) is 0 Å². The average molecular weight is 321 g/mol. The molecule has 0 unspecified atom stereocenters. The average Bonchev–Trinajstić information content (AvgIpc) is 2.98. The fourth-order valence-corrected chi connectivity index (χ4v) is 2.93. The quantitative estimate of drug-likeness (QED) is 0.434. The van der Waals surface area contributed by atoms with Gasteiger partial charge in [0.05, 0.1) is 10.6 Å². The number of aliphatic hydroxyl groups excluding tert-OH is 1. The number of hydrogen-bond acceptors (Lipinski definition) is 5. The Morgan fingerprint density at radius 2 is 1.64 bits per heavy atom. The molecule has 3 N–H and O–H groups in total. The van der Waals surface area contributed by atoms with E-state index in [1.165, 1.54) is 24.3 Å². The van der Waals surface area contributed by atoms with E-state index >= 15 is 0 Å². The van der Waals surface area contributed by atoms with Crippen LogP contribution in [0.1, 0.15) is 5.69 Å². The first kappa shape index (κ1) is 15.5. The number of ketones is 1. The van der Waals surface area contributed by atoms with Crippen LogP contribution in [-0.2, 0) is 19.4 Å². The van der Waals surface area contributed by atoms with Gasteiger partial charge in [-0.15, -0.1) is 0 Å². The van der Waals surface area contributed by atoms with Gasteiger partial charge in [0, 0.05) is 6.08 Å². The van der Waals surface area contributed by atoms with E-state index in [0.29, 0.717) is 6.08 Å². The molecule has 2 rings (SSSR count).